The van der Waals surface area contributed by atoms with Crippen LogP contribution in [0.3, 0.4) is 0 Å². The molecule has 0 bridgehead atoms. The van der Waals surface area contributed by atoms with Crippen LogP contribution in [-0.4, -0.2) is 16.5 Å². The van der Waals surface area contributed by atoms with E-state index in [1.54, 1.807) is 11.3 Å². The van der Waals surface area contributed by atoms with E-state index in [-0.39, 0.29) is 0 Å². The molecule has 98 valence electrons. The first-order chi connectivity index (χ1) is 8.74. The molecule has 2 heterocycles. The molecule has 0 aliphatic rings. The maximum Gasteiger partial charge on any atom is 0.225 e. The molecule has 5 heteroatoms. The monoisotopic (exact) mass is 283 g/mol. The molecule has 0 saturated heterocycles. The summed E-state index contributed by atoms with van der Waals surface area (Å²) in [5, 5.41) is 4.79. The van der Waals surface area contributed by atoms with Gasteiger partial charge in [0.25, 0.3) is 0 Å². The summed E-state index contributed by atoms with van der Waals surface area (Å²) < 4.78 is 0. The van der Waals surface area contributed by atoms with E-state index in [2.05, 4.69) is 35.2 Å². The fraction of sp³-hybridized carbons (Fsp3) is 0.538. The highest BCUT2D eigenvalue weighted by Gasteiger charge is 2.09. The second kappa shape index (κ2) is 6.34. The van der Waals surface area contributed by atoms with Crippen molar-refractivity contribution in [2.75, 3.05) is 11.9 Å². The van der Waals surface area contributed by atoms with Crippen molar-refractivity contribution in [2.45, 2.75) is 39.5 Å². The summed E-state index contributed by atoms with van der Waals surface area (Å²) >= 11 is 7.65. The predicted octanol–water partition coefficient (Wildman–Crippen LogP) is 4.51. The zero-order valence-corrected chi connectivity index (χ0v) is 12.4. The van der Waals surface area contributed by atoms with Crippen LogP contribution in [0.5, 0.6) is 0 Å². The Balaban J connectivity index is 2.21. The molecule has 0 amide bonds. The third-order valence-corrected chi connectivity index (χ3v) is 4.18. The van der Waals surface area contributed by atoms with Gasteiger partial charge in [0.15, 0.2) is 0 Å². The van der Waals surface area contributed by atoms with Gasteiger partial charge >= 0.3 is 0 Å². The summed E-state index contributed by atoms with van der Waals surface area (Å²) in [5.41, 5.74) is 0. The highest BCUT2D eigenvalue weighted by atomic mass is 35.5. The largest absolute Gasteiger partial charge is 0.369 e. The van der Waals surface area contributed by atoms with Gasteiger partial charge in [0.1, 0.15) is 10.6 Å². The van der Waals surface area contributed by atoms with Crippen molar-refractivity contribution in [2.24, 2.45) is 0 Å². The Kier molecular flexibility index (Phi) is 4.78. The van der Waals surface area contributed by atoms with Crippen molar-refractivity contribution in [3.05, 3.63) is 16.2 Å². The number of nitrogens with one attached hydrogen (secondary N) is 1. The molecule has 18 heavy (non-hydrogen) atoms. The molecule has 3 nitrogen and oxygen atoms in total. The lowest BCUT2D eigenvalue weighted by atomic mass is 10.2. The molecule has 1 N–H and O–H groups in total. The van der Waals surface area contributed by atoms with Crippen molar-refractivity contribution in [1.82, 2.24) is 9.97 Å². The zero-order valence-electron chi connectivity index (χ0n) is 10.8. The second-order valence-corrected chi connectivity index (χ2v) is 5.71. The van der Waals surface area contributed by atoms with Gasteiger partial charge in [0.05, 0.1) is 5.39 Å². The van der Waals surface area contributed by atoms with Gasteiger partial charge in [-0.1, -0.05) is 26.7 Å². The molecule has 0 unspecified atom stereocenters. The van der Waals surface area contributed by atoms with Gasteiger partial charge in [-0.3, -0.25) is 0 Å². The van der Waals surface area contributed by atoms with E-state index in [0.717, 1.165) is 35.4 Å². The number of fused-ring (bicyclic) bond motifs is 1. The number of rotatable bonds is 6. The Morgan fingerprint density at radius 2 is 2.11 bits per heavy atom. The molecule has 0 spiro atoms. The molecular weight excluding hydrogens is 266 g/mol. The number of hydrogen-bond donors (Lipinski definition) is 1. The fourth-order valence-electron chi connectivity index (χ4n) is 1.84. The molecule has 0 atom stereocenters. The van der Waals surface area contributed by atoms with Crippen LogP contribution in [-0.2, 0) is 6.42 Å². The number of aromatic nitrogens is 2. The first kappa shape index (κ1) is 13.6. The maximum atomic E-state index is 5.96. The van der Waals surface area contributed by atoms with Crippen molar-refractivity contribution < 1.29 is 0 Å². The minimum Gasteiger partial charge on any atom is -0.369 e. The zero-order chi connectivity index (χ0) is 13.0. The lowest BCUT2D eigenvalue weighted by Crippen LogP contribution is -2.04. The Hall–Kier alpha value is -0.870. The Morgan fingerprint density at radius 1 is 1.28 bits per heavy atom. The average Bonchev–Trinajstić information content (AvgIpc) is 2.77. The normalized spacial score (nSPS) is 11.1. The van der Waals surface area contributed by atoms with Gasteiger partial charge in [0, 0.05) is 11.4 Å². The molecule has 2 aromatic rings. The average molecular weight is 284 g/mol. The molecule has 0 saturated carbocycles. The van der Waals surface area contributed by atoms with Gasteiger partial charge < -0.3 is 5.32 Å². The Bertz CT molecular complexity index is 524. The third-order valence-electron chi connectivity index (χ3n) is 2.84. The van der Waals surface area contributed by atoms with E-state index in [4.69, 9.17) is 11.6 Å². The molecule has 0 aromatic carbocycles. The van der Waals surface area contributed by atoms with Crippen LogP contribution in [0, 0.1) is 0 Å². The van der Waals surface area contributed by atoms with Crippen molar-refractivity contribution in [3.63, 3.8) is 0 Å². The van der Waals surface area contributed by atoms with E-state index in [0.29, 0.717) is 5.28 Å². The predicted molar refractivity (Wildman–Crippen MR) is 79.8 cm³/mol. The lowest BCUT2D eigenvalue weighted by molar-refractivity contribution is 0.742. The SMILES string of the molecule is CCCCCNc1nc(Cl)nc2sc(CC)cc12. The van der Waals surface area contributed by atoms with E-state index < -0.39 is 0 Å². The van der Waals surface area contributed by atoms with Crippen molar-refractivity contribution >= 4 is 39.0 Å². The number of hydrogen-bond acceptors (Lipinski definition) is 4. The Morgan fingerprint density at radius 3 is 2.83 bits per heavy atom. The molecule has 0 fully saturated rings. The topological polar surface area (TPSA) is 37.8 Å². The van der Waals surface area contributed by atoms with Crippen molar-refractivity contribution in [3.8, 4) is 0 Å². The summed E-state index contributed by atoms with van der Waals surface area (Å²) in [4.78, 5) is 10.9. The number of halogens is 1. The number of unbranched alkanes of at least 4 members (excludes halogenated alkanes) is 2. The molecule has 0 radical (unpaired) electrons. The smallest absolute Gasteiger partial charge is 0.225 e. The first-order valence-corrected chi connectivity index (χ1v) is 7.63. The molecule has 2 rings (SSSR count). The van der Waals surface area contributed by atoms with Gasteiger partial charge in [-0.2, -0.15) is 0 Å². The fourth-order valence-corrected chi connectivity index (χ4v) is 3.02. The van der Waals surface area contributed by atoms with E-state index in [9.17, 15) is 0 Å². The molecule has 0 aliphatic heterocycles. The molecular formula is C13H18ClN3S. The minimum atomic E-state index is 0.324. The van der Waals surface area contributed by atoms with E-state index >= 15 is 0 Å². The first-order valence-electron chi connectivity index (χ1n) is 6.44. The Labute approximate surface area is 117 Å². The van der Waals surface area contributed by atoms with Crippen LogP contribution in [0.25, 0.3) is 10.2 Å². The van der Waals surface area contributed by atoms with Crippen LogP contribution in [0.2, 0.25) is 5.28 Å². The van der Waals surface area contributed by atoms with E-state index in [1.807, 2.05) is 0 Å². The van der Waals surface area contributed by atoms with Crippen molar-refractivity contribution in [1.29, 1.82) is 0 Å². The number of anilines is 1. The second-order valence-electron chi connectivity index (χ2n) is 4.26. The summed E-state index contributed by atoms with van der Waals surface area (Å²) in [6.45, 7) is 5.29. The van der Waals surface area contributed by atoms with Crippen LogP contribution in [0.4, 0.5) is 5.82 Å². The molecule has 0 aliphatic carbocycles. The summed E-state index contributed by atoms with van der Waals surface area (Å²) in [7, 11) is 0. The van der Waals surface area contributed by atoms with Gasteiger partial charge in [-0.15, -0.1) is 11.3 Å². The summed E-state index contributed by atoms with van der Waals surface area (Å²) in [6, 6.07) is 2.17. The highest BCUT2D eigenvalue weighted by Crippen LogP contribution is 2.30. The van der Waals surface area contributed by atoms with Gasteiger partial charge in [-0.05, 0) is 30.5 Å². The van der Waals surface area contributed by atoms with Gasteiger partial charge in [0.2, 0.25) is 5.28 Å². The number of aryl methyl sites for hydroxylation is 1. The standard InChI is InChI=1S/C13H18ClN3S/c1-3-5-6-7-15-11-10-8-9(4-2)18-12(10)17-13(14)16-11/h8H,3-7H2,1-2H3,(H,15,16,17). The van der Waals surface area contributed by atoms with Crippen LogP contribution in [0.15, 0.2) is 6.07 Å². The maximum absolute atomic E-state index is 5.96. The summed E-state index contributed by atoms with van der Waals surface area (Å²) in [6.07, 6.45) is 4.64. The third kappa shape index (κ3) is 3.12. The summed E-state index contributed by atoms with van der Waals surface area (Å²) in [5.74, 6) is 0.872. The minimum absolute atomic E-state index is 0.324. The number of nitrogens with zero attached hydrogens (tertiary/aromatic N) is 2. The number of thiophene rings is 1. The van der Waals surface area contributed by atoms with E-state index in [1.165, 1.54) is 17.7 Å². The molecule has 2 aromatic heterocycles. The van der Waals surface area contributed by atoms with Crippen LogP contribution >= 0.6 is 22.9 Å². The highest BCUT2D eigenvalue weighted by molar-refractivity contribution is 7.18. The van der Waals surface area contributed by atoms with Crippen LogP contribution in [0.1, 0.15) is 38.0 Å². The van der Waals surface area contributed by atoms with Gasteiger partial charge in [-0.25, -0.2) is 9.97 Å². The lowest BCUT2D eigenvalue weighted by Gasteiger charge is -2.06. The van der Waals surface area contributed by atoms with Crippen LogP contribution < -0.4 is 5.32 Å². The quantitative estimate of drug-likeness (QED) is 0.626.